The first-order valence-corrected chi connectivity index (χ1v) is 5.46. The summed E-state index contributed by atoms with van der Waals surface area (Å²) in [6.07, 6.45) is 1.42. The molecule has 0 bridgehead atoms. The smallest absolute Gasteiger partial charge is 0.0368 e. The van der Waals surface area contributed by atoms with Crippen molar-refractivity contribution in [1.82, 2.24) is 9.80 Å². The maximum Gasteiger partial charge on any atom is 0.0368 e. The molecule has 2 heteroatoms. The van der Waals surface area contributed by atoms with Gasteiger partial charge in [0.25, 0.3) is 0 Å². The van der Waals surface area contributed by atoms with E-state index in [0.717, 1.165) is 11.8 Å². The normalized spacial score (nSPS) is 41.8. The van der Waals surface area contributed by atoms with E-state index in [1.807, 2.05) is 0 Å². The number of hydrogen-bond acceptors (Lipinski definition) is 2. The van der Waals surface area contributed by atoms with Crippen molar-refractivity contribution in [1.29, 1.82) is 0 Å². The van der Waals surface area contributed by atoms with Crippen LogP contribution in [0.2, 0.25) is 0 Å². The molecule has 2 atom stereocenters. The minimum Gasteiger partial charge on any atom is -0.303 e. The molecule has 76 valence electrons. The standard InChI is InChI=1S/C11H22N2/c1-9(2)10-7-11(10)8-12(3)5-6-13(11)4/h9-10H,5-8H2,1-4H3. The third kappa shape index (κ3) is 1.40. The summed E-state index contributed by atoms with van der Waals surface area (Å²) in [5, 5.41) is 0. The van der Waals surface area contributed by atoms with Gasteiger partial charge < -0.3 is 4.90 Å². The summed E-state index contributed by atoms with van der Waals surface area (Å²) in [6.45, 7) is 8.50. The second-order valence-electron chi connectivity index (χ2n) is 5.32. The Balaban J connectivity index is 2.05. The molecule has 2 aliphatic rings. The second kappa shape index (κ2) is 2.96. The lowest BCUT2D eigenvalue weighted by atomic mass is 10.0. The molecule has 2 nitrogen and oxygen atoms in total. The van der Waals surface area contributed by atoms with Gasteiger partial charge in [0.1, 0.15) is 0 Å². The number of hydrogen-bond donors (Lipinski definition) is 0. The molecule has 0 aromatic heterocycles. The molecule has 1 aliphatic heterocycles. The highest BCUT2D eigenvalue weighted by Crippen LogP contribution is 2.53. The quantitative estimate of drug-likeness (QED) is 0.603. The molecule has 1 spiro atoms. The lowest BCUT2D eigenvalue weighted by molar-refractivity contribution is 0.0813. The molecule has 0 aromatic carbocycles. The molecule has 0 amide bonds. The van der Waals surface area contributed by atoms with E-state index < -0.39 is 0 Å². The van der Waals surface area contributed by atoms with Crippen LogP contribution >= 0.6 is 0 Å². The highest BCUT2D eigenvalue weighted by atomic mass is 15.3. The monoisotopic (exact) mass is 182 g/mol. The van der Waals surface area contributed by atoms with Crippen LogP contribution in [0.3, 0.4) is 0 Å². The molecule has 0 radical (unpaired) electrons. The predicted molar refractivity (Wildman–Crippen MR) is 55.8 cm³/mol. The summed E-state index contributed by atoms with van der Waals surface area (Å²) < 4.78 is 0. The summed E-state index contributed by atoms with van der Waals surface area (Å²) in [6, 6.07) is 0. The molecular weight excluding hydrogens is 160 g/mol. The minimum atomic E-state index is 0.557. The van der Waals surface area contributed by atoms with Crippen LogP contribution in [0.25, 0.3) is 0 Å². The van der Waals surface area contributed by atoms with Gasteiger partial charge in [-0.25, -0.2) is 0 Å². The zero-order valence-corrected chi connectivity index (χ0v) is 9.38. The molecule has 2 rings (SSSR count). The van der Waals surface area contributed by atoms with E-state index in [9.17, 15) is 0 Å². The van der Waals surface area contributed by atoms with E-state index in [-0.39, 0.29) is 0 Å². The lowest BCUT2D eigenvalue weighted by Gasteiger charge is -2.39. The van der Waals surface area contributed by atoms with E-state index in [1.165, 1.54) is 26.1 Å². The van der Waals surface area contributed by atoms with Gasteiger partial charge in [0.05, 0.1) is 0 Å². The third-order valence-electron chi connectivity index (χ3n) is 4.03. The molecule has 1 saturated carbocycles. The van der Waals surface area contributed by atoms with Crippen LogP contribution < -0.4 is 0 Å². The number of rotatable bonds is 1. The highest BCUT2D eigenvalue weighted by molar-refractivity contribution is 5.14. The van der Waals surface area contributed by atoms with E-state index in [1.54, 1.807) is 0 Å². The molecule has 1 heterocycles. The molecule has 13 heavy (non-hydrogen) atoms. The second-order valence-corrected chi connectivity index (χ2v) is 5.32. The third-order valence-corrected chi connectivity index (χ3v) is 4.03. The van der Waals surface area contributed by atoms with Gasteiger partial charge in [0.2, 0.25) is 0 Å². The summed E-state index contributed by atoms with van der Waals surface area (Å²) in [4.78, 5) is 5.08. The Morgan fingerprint density at radius 3 is 2.46 bits per heavy atom. The number of likely N-dealkylation sites (N-methyl/N-ethyl adjacent to an activating group) is 2. The zero-order chi connectivity index (χ0) is 9.64. The minimum absolute atomic E-state index is 0.557. The van der Waals surface area contributed by atoms with Gasteiger partial charge in [-0.15, -0.1) is 0 Å². The predicted octanol–water partition coefficient (Wildman–Crippen LogP) is 1.28. The van der Waals surface area contributed by atoms with Gasteiger partial charge in [0, 0.05) is 25.2 Å². The maximum absolute atomic E-state index is 2.59. The molecule has 2 fully saturated rings. The number of nitrogens with zero attached hydrogens (tertiary/aromatic N) is 2. The summed E-state index contributed by atoms with van der Waals surface area (Å²) >= 11 is 0. The Hall–Kier alpha value is -0.0800. The first-order valence-electron chi connectivity index (χ1n) is 5.46. The first kappa shape index (κ1) is 9.47. The molecule has 1 aliphatic carbocycles. The lowest BCUT2D eigenvalue weighted by Crippen LogP contribution is -2.53. The maximum atomic E-state index is 2.59. The fourth-order valence-electron chi connectivity index (χ4n) is 3.01. The molecule has 0 aromatic rings. The average molecular weight is 182 g/mol. The van der Waals surface area contributed by atoms with Crippen LogP contribution in [0.4, 0.5) is 0 Å². The molecule has 0 N–H and O–H groups in total. The van der Waals surface area contributed by atoms with Crippen molar-refractivity contribution in [2.75, 3.05) is 33.7 Å². The van der Waals surface area contributed by atoms with Gasteiger partial charge in [-0.2, -0.15) is 0 Å². The highest BCUT2D eigenvalue weighted by Gasteiger charge is 2.59. The molecule has 1 saturated heterocycles. The number of piperazine rings is 1. The summed E-state index contributed by atoms with van der Waals surface area (Å²) in [5.74, 6) is 1.80. The first-order chi connectivity index (χ1) is 6.06. The van der Waals surface area contributed by atoms with Crippen LogP contribution in [0.15, 0.2) is 0 Å². The summed E-state index contributed by atoms with van der Waals surface area (Å²) in [5.41, 5.74) is 0.557. The van der Waals surface area contributed by atoms with Gasteiger partial charge in [-0.3, -0.25) is 4.90 Å². The van der Waals surface area contributed by atoms with Crippen molar-refractivity contribution in [3.63, 3.8) is 0 Å². The van der Waals surface area contributed by atoms with Crippen LogP contribution in [0.5, 0.6) is 0 Å². The Labute approximate surface area is 81.9 Å². The fraction of sp³-hybridized carbons (Fsp3) is 1.00. The van der Waals surface area contributed by atoms with Crippen molar-refractivity contribution in [2.24, 2.45) is 11.8 Å². The van der Waals surface area contributed by atoms with Gasteiger partial charge >= 0.3 is 0 Å². The van der Waals surface area contributed by atoms with E-state index >= 15 is 0 Å². The van der Waals surface area contributed by atoms with Crippen molar-refractivity contribution < 1.29 is 0 Å². The van der Waals surface area contributed by atoms with Crippen LogP contribution in [-0.4, -0.2) is 49.1 Å². The largest absolute Gasteiger partial charge is 0.303 e. The van der Waals surface area contributed by atoms with Gasteiger partial charge in [-0.05, 0) is 32.4 Å². The van der Waals surface area contributed by atoms with E-state index in [2.05, 4.69) is 37.7 Å². The SMILES string of the molecule is CC(C)C1CC12CN(C)CCN2C. The van der Waals surface area contributed by atoms with Crippen molar-refractivity contribution >= 4 is 0 Å². The van der Waals surface area contributed by atoms with Crippen molar-refractivity contribution in [2.45, 2.75) is 25.8 Å². The van der Waals surface area contributed by atoms with Crippen molar-refractivity contribution in [3.8, 4) is 0 Å². The van der Waals surface area contributed by atoms with Crippen molar-refractivity contribution in [3.05, 3.63) is 0 Å². The van der Waals surface area contributed by atoms with Crippen LogP contribution in [0.1, 0.15) is 20.3 Å². The van der Waals surface area contributed by atoms with E-state index in [0.29, 0.717) is 5.54 Å². The van der Waals surface area contributed by atoms with Crippen LogP contribution in [0, 0.1) is 11.8 Å². The average Bonchev–Trinajstić information content (AvgIpc) is 2.74. The summed E-state index contributed by atoms with van der Waals surface area (Å²) in [7, 11) is 4.56. The molecular formula is C11H22N2. The zero-order valence-electron chi connectivity index (χ0n) is 9.38. The Morgan fingerprint density at radius 1 is 1.23 bits per heavy atom. The molecule has 2 unspecified atom stereocenters. The Kier molecular flexibility index (Phi) is 2.16. The Morgan fingerprint density at radius 2 is 1.92 bits per heavy atom. The van der Waals surface area contributed by atoms with E-state index in [4.69, 9.17) is 0 Å². The fourth-order valence-corrected chi connectivity index (χ4v) is 3.01. The Bertz CT molecular complexity index is 202. The van der Waals surface area contributed by atoms with Gasteiger partial charge in [-0.1, -0.05) is 13.8 Å². The van der Waals surface area contributed by atoms with Crippen LogP contribution in [-0.2, 0) is 0 Å². The topological polar surface area (TPSA) is 6.48 Å². The van der Waals surface area contributed by atoms with Gasteiger partial charge in [0.15, 0.2) is 0 Å².